The summed E-state index contributed by atoms with van der Waals surface area (Å²) in [6, 6.07) is 10.1. The van der Waals surface area contributed by atoms with Gasteiger partial charge in [0.25, 0.3) is 0 Å². The molecule has 0 unspecified atom stereocenters. The molecule has 0 amide bonds. The summed E-state index contributed by atoms with van der Waals surface area (Å²) in [5.74, 6) is 1.37. The molecular weight excluding hydrogens is 356 g/mol. The molecule has 146 valence electrons. The molecule has 0 N–H and O–H groups in total. The first kappa shape index (κ1) is 19.5. The van der Waals surface area contributed by atoms with Crippen LogP contribution in [-0.2, 0) is 6.54 Å². The molecule has 0 aliphatic rings. The highest BCUT2D eigenvalue weighted by Gasteiger charge is 2.26. The Balaban J connectivity index is 2.08. The lowest BCUT2D eigenvalue weighted by Crippen LogP contribution is -2.27. The van der Waals surface area contributed by atoms with E-state index in [-0.39, 0.29) is 11.5 Å². The number of hydrogen-bond donors (Lipinski definition) is 0. The van der Waals surface area contributed by atoms with Crippen LogP contribution < -0.4 is 4.90 Å². The third-order valence-corrected chi connectivity index (χ3v) is 4.55. The Morgan fingerprint density at radius 3 is 2.54 bits per heavy atom. The summed E-state index contributed by atoms with van der Waals surface area (Å²) in [5, 5.41) is 11.7. The number of aromatic nitrogens is 4. The van der Waals surface area contributed by atoms with Gasteiger partial charge in [-0.25, -0.2) is 9.97 Å². The van der Waals surface area contributed by atoms with E-state index in [1.165, 1.54) is 0 Å². The molecule has 3 aromatic rings. The zero-order chi connectivity index (χ0) is 20.1. The van der Waals surface area contributed by atoms with Gasteiger partial charge in [-0.05, 0) is 25.8 Å². The van der Waals surface area contributed by atoms with Gasteiger partial charge in [0.05, 0.1) is 4.92 Å². The van der Waals surface area contributed by atoms with Crippen molar-refractivity contribution >= 4 is 11.6 Å². The summed E-state index contributed by atoms with van der Waals surface area (Å²) in [5.41, 5.74) is 1.38. The molecule has 0 fully saturated rings. The first-order chi connectivity index (χ1) is 13.5. The Hall–Kier alpha value is -3.29. The van der Waals surface area contributed by atoms with Crippen molar-refractivity contribution in [3.8, 4) is 5.82 Å². The third kappa shape index (κ3) is 4.16. The second-order valence-corrected chi connectivity index (χ2v) is 6.64. The van der Waals surface area contributed by atoms with E-state index in [2.05, 4.69) is 38.9 Å². The summed E-state index contributed by atoms with van der Waals surface area (Å²) < 4.78 is 1.64. The molecule has 0 aliphatic heterocycles. The highest BCUT2D eigenvalue weighted by atomic mass is 16.6. The van der Waals surface area contributed by atoms with E-state index in [0.29, 0.717) is 24.0 Å². The molecule has 0 radical (unpaired) electrons. The summed E-state index contributed by atoms with van der Waals surface area (Å²) in [6.07, 6.45) is 5.30. The number of nitro groups is 1. The van der Waals surface area contributed by atoms with Crippen LogP contribution in [0.2, 0.25) is 0 Å². The first-order valence-electron chi connectivity index (χ1n) is 9.33. The molecule has 2 heterocycles. The van der Waals surface area contributed by atoms with E-state index in [1.807, 2.05) is 18.2 Å². The number of rotatable bonds is 8. The zero-order valence-electron chi connectivity index (χ0n) is 16.4. The average Bonchev–Trinajstić information content (AvgIpc) is 3.10. The minimum atomic E-state index is -0.429. The molecule has 0 aliphatic carbocycles. The van der Waals surface area contributed by atoms with Crippen LogP contribution in [0.3, 0.4) is 0 Å². The SMILES string of the molecule is CCCCN(Cc1ccccc1)c1nc(C)c([N+](=O)[O-])c(-n2ccnc2C)n1. The largest absolute Gasteiger partial charge is 0.336 e. The third-order valence-electron chi connectivity index (χ3n) is 4.55. The van der Waals surface area contributed by atoms with Gasteiger partial charge in [-0.15, -0.1) is 0 Å². The van der Waals surface area contributed by atoms with Gasteiger partial charge in [0.15, 0.2) is 0 Å². The predicted octanol–water partition coefficient (Wildman–Crippen LogP) is 3.99. The standard InChI is InChI=1S/C20H24N6O2/c1-4-5-12-24(14-17-9-7-6-8-10-17)20-22-15(2)18(26(27)28)19(23-20)25-13-11-21-16(25)3/h6-11,13H,4-5,12,14H2,1-3H3. The smallest absolute Gasteiger partial charge is 0.333 e. The maximum Gasteiger partial charge on any atom is 0.333 e. The monoisotopic (exact) mass is 380 g/mol. The molecule has 3 rings (SSSR count). The number of nitrogens with zero attached hydrogens (tertiary/aromatic N) is 6. The lowest BCUT2D eigenvalue weighted by Gasteiger charge is -2.23. The minimum Gasteiger partial charge on any atom is -0.336 e. The molecule has 1 aromatic carbocycles. The summed E-state index contributed by atoms with van der Waals surface area (Å²) in [4.78, 5) is 26.6. The van der Waals surface area contributed by atoms with Gasteiger partial charge in [-0.1, -0.05) is 43.7 Å². The van der Waals surface area contributed by atoms with Crippen molar-refractivity contribution in [1.29, 1.82) is 0 Å². The highest BCUT2D eigenvalue weighted by Crippen LogP contribution is 2.28. The molecule has 0 atom stereocenters. The predicted molar refractivity (Wildman–Crippen MR) is 108 cm³/mol. The lowest BCUT2D eigenvalue weighted by atomic mass is 10.2. The summed E-state index contributed by atoms with van der Waals surface area (Å²) in [7, 11) is 0. The van der Waals surface area contributed by atoms with Crippen LogP contribution in [0.1, 0.15) is 36.8 Å². The second kappa shape index (κ2) is 8.60. The zero-order valence-corrected chi connectivity index (χ0v) is 16.4. The Morgan fingerprint density at radius 1 is 1.18 bits per heavy atom. The van der Waals surface area contributed by atoms with Crippen LogP contribution in [0.15, 0.2) is 42.7 Å². The molecule has 0 saturated carbocycles. The van der Waals surface area contributed by atoms with Gasteiger partial charge in [0, 0.05) is 25.5 Å². The number of aryl methyl sites for hydroxylation is 2. The highest BCUT2D eigenvalue weighted by molar-refractivity contribution is 5.54. The van der Waals surface area contributed by atoms with Crippen LogP contribution in [0.25, 0.3) is 5.82 Å². The van der Waals surface area contributed by atoms with Crippen molar-refractivity contribution in [2.24, 2.45) is 0 Å². The van der Waals surface area contributed by atoms with Gasteiger partial charge in [-0.2, -0.15) is 4.98 Å². The summed E-state index contributed by atoms with van der Waals surface area (Å²) >= 11 is 0. The topological polar surface area (TPSA) is 90.0 Å². The van der Waals surface area contributed by atoms with Crippen molar-refractivity contribution in [2.45, 2.75) is 40.2 Å². The van der Waals surface area contributed by atoms with Gasteiger partial charge in [0.2, 0.25) is 11.8 Å². The van der Waals surface area contributed by atoms with E-state index in [9.17, 15) is 10.1 Å². The fourth-order valence-electron chi connectivity index (χ4n) is 3.06. The second-order valence-electron chi connectivity index (χ2n) is 6.64. The van der Waals surface area contributed by atoms with Gasteiger partial charge in [0.1, 0.15) is 11.5 Å². The van der Waals surface area contributed by atoms with Crippen molar-refractivity contribution in [3.63, 3.8) is 0 Å². The van der Waals surface area contributed by atoms with Crippen molar-refractivity contribution in [3.05, 3.63) is 69.9 Å². The number of hydrogen-bond acceptors (Lipinski definition) is 6. The lowest BCUT2D eigenvalue weighted by molar-refractivity contribution is -0.385. The van der Waals surface area contributed by atoms with Gasteiger partial charge < -0.3 is 4.90 Å². The van der Waals surface area contributed by atoms with E-state index >= 15 is 0 Å². The average molecular weight is 380 g/mol. The number of unbranched alkanes of at least 4 members (excludes halogenated alkanes) is 1. The number of benzene rings is 1. The molecule has 0 bridgehead atoms. The van der Waals surface area contributed by atoms with Crippen LogP contribution in [0.4, 0.5) is 11.6 Å². The van der Waals surface area contributed by atoms with Crippen molar-refractivity contribution < 1.29 is 4.92 Å². The molecule has 0 saturated heterocycles. The summed E-state index contributed by atoms with van der Waals surface area (Å²) in [6.45, 7) is 6.98. The maximum atomic E-state index is 11.7. The fourth-order valence-corrected chi connectivity index (χ4v) is 3.06. The molecule has 8 nitrogen and oxygen atoms in total. The molecule has 8 heteroatoms. The van der Waals surface area contributed by atoms with Crippen LogP contribution >= 0.6 is 0 Å². The van der Waals surface area contributed by atoms with Crippen LogP contribution in [0.5, 0.6) is 0 Å². The van der Waals surface area contributed by atoms with Crippen molar-refractivity contribution in [1.82, 2.24) is 19.5 Å². The number of anilines is 1. The van der Waals surface area contributed by atoms with Crippen LogP contribution in [0, 0.1) is 24.0 Å². The van der Waals surface area contributed by atoms with Gasteiger partial charge >= 0.3 is 5.69 Å². The van der Waals surface area contributed by atoms with E-state index in [1.54, 1.807) is 30.8 Å². The first-order valence-corrected chi connectivity index (χ1v) is 9.33. The van der Waals surface area contributed by atoms with E-state index < -0.39 is 4.92 Å². The Kier molecular flexibility index (Phi) is 5.98. The van der Waals surface area contributed by atoms with Gasteiger partial charge in [-0.3, -0.25) is 14.7 Å². The fraction of sp³-hybridized carbons (Fsp3) is 0.350. The Labute approximate surface area is 164 Å². The Bertz CT molecular complexity index is 955. The van der Waals surface area contributed by atoms with E-state index in [4.69, 9.17) is 0 Å². The minimum absolute atomic E-state index is 0.0972. The van der Waals surface area contributed by atoms with Crippen LogP contribution in [-0.4, -0.2) is 31.0 Å². The molecular formula is C20H24N6O2. The normalized spacial score (nSPS) is 10.8. The molecule has 0 spiro atoms. The Morgan fingerprint density at radius 2 is 1.93 bits per heavy atom. The molecule has 2 aromatic heterocycles. The maximum absolute atomic E-state index is 11.7. The number of imidazole rings is 1. The van der Waals surface area contributed by atoms with E-state index in [0.717, 1.165) is 24.9 Å². The van der Waals surface area contributed by atoms with Crippen molar-refractivity contribution in [2.75, 3.05) is 11.4 Å². The molecule has 28 heavy (non-hydrogen) atoms. The quantitative estimate of drug-likeness (QED) is 0.433.